The van der Waals surface area contributed by atoms with Gasteiger partial charge in [0.25, 0.3) is 5.56 Å². The maximum atomic E-state index is 13.6. The fourth-order valence-corrected chi connectivity index (χ4v) is 5.75. The van der Waals surface area contributed by atoms with E-state index >= 15 is 0 Å². The zero-order valence-electron chi connectivity index (χ0n) is 19.6. The topological polar surface area (TPSA) is 30.7 Å². The number of hydrogen-bond donors (Lipinski definition) is 0. The van der Waals surface area contributed by atoms with Crippen molar-refractivity contribution in [2.45, 2.75) is 19.8 Å². The third-order valence-electron chi connectivity index (χ3n) is 7.33. The van der Waals surface area contributed by atoms with Gasteiger partial charge >= 0.3 is 0 Å². The quantitative estimate of drug-likeness (QED) is 0.252. The van der Waals surface area contributed by atoms with Crippen LogP contribution in [0.15, 0.2) is 108 Å². The highest BCUT2D eigenvalue weighted by Gasteiger charge is 2.29. The molecular weight excluding hydrogens is 430 g/mol. The Labute approximate surface area is 202 Å². The van der Waals surface area contributed by atoms with Crippen molar-refractivity contribution in [2.24, 2.45) is 0 Å². The predicted octanol–water partition coefficient (Wildman–Crippen LogP) is 7.68. The number of fused-ring (bicyclic) bond motifs is 6. The van der Waals surface area contributed by atoms with E-state index in [4.69, 9.17) is 4.74 Å². The van der Waals surface area contributed by atoms with E-state index in [1.54, 1.807) is 0 Å². The highest BCUT2D eigenvalue weighted by Crippen LogP contribution is 2.45. The fourth-order valence-electron chi connectivity index (χ4n) is 5.75. The van der Waals surface area contributed by atoms with E-state index in [1.807, 2.05) is 59.9 Å². The molecule has 0 saturated heterocycles. The van der Waals surface area contributed by atoms with Gasteiger partial charge in [0.15, 0.2) is 0 Å². The Hall–Kier alpha value is -4.37. The lowest BCUT2D eigenvalue weighted by Gasteiger charge is -2.14. The van der Waals surface area contributed by atoms with E-state index in [0.29, 0.717) is 0 Å². The number of rotatable bonds is 2. The summed E-state index contributed by atoms with van der Waals surface area (Å²) < 4.78 is 8.32. The summed E-state index contributed by atoms with van der Waals surface area (Å²) in [5, 5.41) is 4.96. The van der Waals surface area contributed by atoms with Gasteiger partial charge in [-0.15, -0.1) is 0 Å². The molecule has 0 aliphatic carbocycles. The standard InChI is InChI=1S/C32H23NO2/c1-3-10-22(31-19(2)21-11-7-9-16-29(21)35-31)20-17-26-23-12-4-5-14-25(23)32(34)33-28-15-8-6-13-24(28)27(18-20)30(26)33/h3-19H,1-2H3/b10-3-,31-22-. The maximum absolute atomic E-state index is 13.6. The Kier molecular flexibility index (Phi) is 4.19. The number of nitrogens with zero attached hydrogens (tertiary/aromatic N) is 1. The second-order valence-electron chi connectivity index (χ2n) is 9.26. The number of pyridine rings is 1. The molecule has 1 unspecified atom stereocenters. The van der Waals surface area contributed by atoms with Crippen molar-refractivity contribution < 1.29 is 4.74 Å². The lowest BCUT2D eigenvalue weighted by Crippen LogP contribution is -2.12. The molecule has 3 heteroatoms. The molecule has 0 radical (unpaired) electrons. The summed E-state index contributed by atoms with van der Waals surface area (Å²) in [7, 11) is 0. The first kappa shape index (κ1) is 20.0. The smallest absolute Gasteiger partial charge is 0.263 e. The van der Waals surface area contributed by atoms with Crippen LogP contribution in [0.3, 0.4) is 0 Å². The van der Waals surface area contributed by atoms with Crippen LogP contribution in [0.1, 0.15) is 30.9 Å². The summed E-state index contributed by atoms with van der Waals surface area (Å²) in [5.41, 5.74) is 5.32. The minimum atomic E-state index is 0.0299. The average molecular weight is 454 g/mol. The number of ether oxygens (including phenoxy) is 1. The third kappa shape index (κ3) is 2.69. The van der Waals surface area contributed by atoms with Gasteiger partial charge in [0.1, 0.15) is 11.5 Å². The number of benzene rings is 4. The summed E-state index contributed by atoms with van der Waals surface area (Å²) in [5.74, 6) is 2.03. The molecule has 0 amide bonds. The first-order valence-electron chi connectivity index (χ1n) is 12.0. The highest BCUT2D eigenvalue weighted by molar-refractivity contribution is 6.21. The summed E-state index contributed by atoms with van der Waals surface area (Å²) in [4.78, 5) is 13.6. The van der Waals surface area contributed by atoms with Crippen LogP contribution in [0, 0.1) is 0 Å². The molecular formula is C32H23NO2. The fraction of sp³-hybridized carbons (Fsp3) is 0.0938. The summed E-state index contributed by atoms with van der Waals surface area (Å²) in [6.45, 7) is 4.24. The minimum absolute atomic E-state index is 0.0299. The lowest BCUT2D eigenvalue weighted by molar-refractivity contribution is 0.435. The van der Waals surface area contributed by atoms with Crippen LogP contribution in [0.2, 0.25) is 0 Å². The number of aromatic nitrogens is 1. The maximum Gasteiger partial charge on any atom is 0.263 e. The van der Waals surface area contributed by atoms with Gasteiger partial charge in [0.2, 0.25) is 0 Å². The molecule has 0 saturated carbocycles. The Morgan fingerprint density at radius 2 is 1.49 bits per heavy atom. The molecule has 7 rings (SSSR count). The lowest BCUT2D eigenvalue weighted by atomic mass is 9.92. The molecule has 1 aliphatic rings. The molecule has 4 aromatic carbocycles. The van der Waals surface area contributed by atoms with Gasteiger partial charge in [-0.2, -0.15) is 0 Å². The Morgan fingerprint density at radius 1 is 0.829 bits per heavy atom. The van der Waals surface area contributed by atoms with E-state index in [0.717, 1.165) is 60.6 Å². The van der Waals surface area contributed by atoms with Crippen molar-refractivity contribution in [2.75, 3.05) is 0 Å². The van der Waals surface area contributed by atoms with Crippen LogP contribution in [-0.4, -0.2) is 4.40 Å². The van der Waals surface area contributed by atoms with Gasteiger partial charge in [-0.3, -0.25) is 9.20 Å². The monoisotopic (exact) mass is 453 g/mol. The van der Waals surface area contributed by atoms with Gasteiger partial charge in [-0.25, -0.2) is 0 Å². The molecule has 0 N–H and O–H groups in total. The van der Waals surface area contributed by atoms with Crippen LogP contribution in [0.5, 0.6) is 5.75 Å². The first-order valence-corrected chi connectivity index (χ1v) is 12.0. The van der Waals surface area contributed by atoms with E-state index < -0.39 is 0 Å². The minimum Gasteiger partial charge on any atom is -0.460 e. The Bertz CT molecular complexity index is 1920. The molecule has 0 spiro atoms. The summed E-state index contributed by atoms with van der Waals surface area (Å²) in [6.07, 6.45) is 4.21. The molecule has 2 aromatic heterocycles. The van der Waals surface area contributed by atoms with Crippen LogP contribution < -0.4 is 10.3 Å². The van der Waals surface area contributed by atoms with Crippen LogP contribution in [0.4, 0.5) is 0 Å². The highest BCUT2D eigenvalue weighted by atomic mass is 16.5. The molecule has 0 fully saturated rings. The van der Waals surface area contributed by atoms with Crippen molar-refractivity contribution >= 4 is 43.5 Å². The molecule has 1 aliphatic heterocycles. The van der Waals surface area contributed by atoms with E-state index in [9.17, 15) is 4.79 Å². The largest absolute Gasteiger partial charge is 0.460 e. The Balaban J connectivity index is 1.64. The van der Waals surface area contributed by atoms with Crippen molar-refractivity contribution in [3.05, 3.63) is 124 Å². The van der Waals surface area contributed by atoms with Crippen molar-refractivity contribution in [3.63, 3.8) is 0 Å². The zero-order valence-corrected chi connectivity index (χ0v) is 19.6. The van der Waals surface area contributed by atoms with Crippen molar-refractivity contribution in [3.8, 4) is 5.75 Å². The second kappa shape index (κ2) is 7.31. The normalized spacial score (nSPS) is 17.1. The zero-order chi connectivity index (χ0) is 23.7. The third-order valence-corrected chi connectivity index (χ3v) is 7.33. The molecule has 3 nitrogen and oxygen atoms in total. The molecule has 35 heavy (non-hydrogen) atoms. The number of allylic oxidation sites excluding steroid dienone is 4. The van der Waals surface area contributed by atoms with E-state index in [-0.39, 0.29) is 11.5 Å². The summed E-state index contributed by atoms with van der Waals surface area (Å²) >= 11 is 0. The van der Waals surface area contributed by atoms with Gasteiger partial charge in [0.05, 0.1) is 11.0 Å². The van der Waals surface area contributed by atoms with Crippen molar-refractivity contribution in [1.82, 2.24) is 4.40 Å². The number of hydrogen-bond acceptors (Lipinski definition) is 2. The Morgan fingerprint density at radius 3 is 2.26 bits per heavy atom. The molecule has 0 bridgehead atoms. The predicted molar refractivity (Wildman–Crippen MR) is 145 cm³/mol. The van der Waals surface area contributed by atoms with Crippen LogP contribution in [0.25, 0.3) is 43.5 Å². The first-order chi connectivity index (χ1) is 17.2. The second-order valence-corrected chi connectivity index (χ2v) is 9.26. The summed E-state index contributed by atoms with van der Waals surface area (Å²) in [6, 6.07) is 28.8. The molecule has 1 atom stereocenters. The van der Waals surface area contributed by atoms with Crippen LogP contribution in [-0.2, 0) is 0 Å². The van der Waals surface area contributed by atoms with E-state index in [1.165, 1.54) is 5.56 Å². The SMILES string of the molecule is C/C=C\C(=C1\Oc2ccccc2C1C)c1cc2c3ccccc3c(=O)n3c4ccccc4c(c1)c23. The van der Waals surface area contributed by atoms with Gasteiger partial charge in [-0.05, 0) is 48.2 Å². The van der Waals surface area contributed by atoms with Crippen molar-refractivity contribution in [1.29, 1.82) is 0 Å². The van der Waals surface area contributed by atoms with E-state index in [2.05, 4.69) is 55.5 Å². The number of para-hydroxylation sites is 2. The van der Waals surface area contributed by atoms with Gasteiger partial charge in [0, 0.05) is 38.6 Å². The average Bonchev–Trinajstić information content (AvgIpc) is 3.41. The van der Waals surface area contributed by atoms with Crippen LogP contribution >= 0.6 is 0 Å². The molecule has 3 heterocycles. The van der Waals surface area contributed by atoms with Gasteiger partial charge < -0.3 is 4.74 Å². The van der Waals surface area contributed by atoms with Gasteiger partial charge in [-0.1, -0.05) is 73.7 Å². The molecule has 6 aromatic rings. The molecule has 168 valence electrons.